The molecule has 0 saturated heterocycles. The fourth-order valence-corrected chi connectivity index (χ4v) is 2.86. The molecule has 0 atom stereocenters. The predicted octanol–water partition coefficient (Wildman–Crippen LogP) is 0.495. The Morgan fingerprint density at radius 1 is 1.36 bits per heavy atom. The molecule has 2 heterocycles. The lowest BCUT2D eigenvalue weighted by Gasteiger charge is -1.97. The number of nitrogens with one attached hydrogen (secondary N) is 1. The van der Waals surface area contributed by atoms with E-state index in [0.717, 1.165) is 11.5 Å². The minimum atomic E-state index is -1.07. The number of carboxylic acid groups (broad SMARTS) is 1. The van der Waals surface area contributed by atoms with Crippen molar-refractivity contribution in [3.8, 4) is 0 Å². The number of H-pyrrole nitrogens is 1. The van der Waals surface area contributed by atoms with Gasteiger partial charge in [-0.2, -0.15) is 0 Å². The number of nitrogens with two attached hydrogens (primary N) is 1. The molecule has 2 aromatic heterocycles. The number of nitrogen functional groups attached to an aromatic ring is 1. The van der Waals surface area contributed by atoms with Crippen molar-refractivity contribution in [2.24, 2.45) is 0 Å². The van der Waals surface area contributed by atoms with Gasteiger partial charge in [0.15, 0.2) is 0 Å². The van der Waals surface area contributed by atoms with Gasteiger partial charge < -0.3 is 15.8 Å². The number of carboxylic acids is 1. The summed E-state index contributed by atoms with van der Waals surface area (Å²) in [4.78, 5) is 30.1. The molecule has 0 aliphatic carbocycles. The topological polar surface area (TPSA) is 113 Å². The number of carbonyl (C=O) groups is 1. The number of benzene rings is 1. The van der Waals surface area contributed by atoms with Gasteiger partial charge in [0.25, 0.3) is 5.56 Å². The molecule has 7 heteroatoms. The van der Waals surface area contributed by atoms with Crippen LogP contribution >= 0.6 is 0 Å². The fraction of sp³-hybridized carbons (Fsp3) is 0. The summed E-state index contributed by atoms with van der Waals surface area (Å²) in [5.74, 6) is -1.07. The van der Waals surface area contributed by atoms with Crippen molar-refractivity contribution in [3.63, 3.8) is 0 Å². The summed E-state index contributed by atoms with van der Waals surface area (Å²) >= 11 is 0. The maximum atomic E-state index is 12.1. The van der Waals surface area contributed by atoms with Gasteiger partial charge in [-0.25, -0.2) is 9.78 Å². The number of aliphatic carboxylic acids is 1. The largest absolute Gasteiger partial charge is 0.478 e. The lowest BCUT2D eigenvalue weighted by molar-refractivity contribution is -0.129. The van der Waals surface area contributed by atoms with Crippen molar-refractivity contribution >= 4 is 45.2 Å². The maximum absolute atomic E-state index is 12.1. The fourth-order valence-electron chi connectivity index (χ4n) is 2.86. The normalized spacial score (nSPS) is 12.6. The third-order valence-electron chi connectivity index (χ3n) is 3.69. The van der Waals surface area contributed by atoms with E-state index in [2.05, 4.69) is 9.97 Å². The highest BCUT2D eigenvalue weighted by molar-refractivity contribution is 6.14. The van der Waals surface area contributed by atoms with Crippen LogP contribution in [0.15, 0.2) is 35.4 Å². The Morgan fingerprint density at radius 3 is 2.95 bits per heavy atom. The molecule has 0 fully saturated rings. The number of hydrogen-bond acceptors (Lipinski definition) is 4. The number of hydrogen-bond donors (Lipinski definition) is 3. The van der Waals surface area contributed by atoms with Gasteiger partial charge in [0.1, 0.15) is 0 Å². The molecule has 0 radical (unpaired) electrons. The van der Waals surface area contributed by atoms with Crippen LogP contribution in [0.2, 0.25) is 0 Å². The number of nitrogens with zero attached hydrogens (tertiary/aromatic N) is 2. The van der Waals surface area contributed by atoms with E-state index in [9.17, 15) is 9.59 Å². The molecule has 4 rings (SSSR count). The molecule has 108 valence electrons. The van der Waals surface area contributed by atoms with Crippen LogP contribution in [0.1, 0.15) is 0 Å². The van der Waals surface area contributed by atoms with Gasteiger partial charge in [0.05, 0.1) is 11.0 Å². The van der Waals surface area contributed by atoms with E-state index in [4.69, 9.17) is 10.8 Å². The molecule has 0 aliphatic rings. The van der Waals surface area contributed by atoms with Crippen LogP contribution in [0, 0.1) is 0 Å². The number of fused-ring (bicyclic) bond motifs is 5. The first kappa shape index (κ1) is 12.4. The number of imidazole rings is 1. The average Bonchev–Trinajstić information content (AvgIpc) is 3.03. The molecule has 2 aromatic carbocycles. The van der Waals surface area contributed by atoms with E-state index < -0.39 is 5.97 Å². The average molecular weight is 294 g/mol. The maximum Gasteiger partial charge on any atom is 0.329 e. The molecular formula is C15H10N4O3. The van der Waals surface area contributed by atoms with Gasteiger partial charge >= 0.3 is 5.97 Å². The third kappa shape index (κ3) is 1.53. The van der Waals surface area contributed by atoms with Crippen molar-refractivity contribution < 1.29 is 9.90 Å². The number of rotatable bonds is 1. The zero-order valence-corrected chi connectivity index (χ0v) is 11.2. The molecule has 22 heavy (non-hydrogen) atoms. The molecular weight excluding hydrogens is 284 g/mol. The molecule has 0 saturated carbocycles. The summed E-state index contributed by atoms with van der Waals surface area (Å²) in [6.07, 6.45) is 4.25. The first-order valence-electron chi connectivity index (χ1n) is 6.51. The SMILES string of the molecule is Nc1ccc2c(c1)/c(=C\C(=O)O)c1c2[nH]c(=O)c2nccn21. The molecule has 4 N–H and O–H groups in total. The highest BCUT2D eigenvalue weighted by Crippen LogP contribution is 2.23. The Kier molecular flexibility index (Phi) is 2.30. The minimum absolute atomic E-state index is 0.218. The van der Waals surface area contributed by atoms with E-state index in [-0.39, 0.29) is 11.2 Å². The third-order valence-corrected chi connectivity index (χ3v) is 3.69. The Balaban J connectivity index is 2.44. The summed E-state index contributed by atoms with van der Waals surface area (Å²) in [6.45, 7) is 0. The molecule has 0 bridgehead atoms. The number of aromatic nitrogens is 3. The highest BCUT2D eigenvalue weighted by Gasteiger charge is 2.14. The highest BCUT2D eigenvalue weighted by atomic mass is 16.4. The Labute approximate surface area is 122 Å². The summed E-state index contributed by atoms with van der Waals surface area (Å²) < 4.78 is 1.60. The Hall–Kier alpha value is -3.35. The van der Waals surface area contributed by atoms with E-state index in [1.54, 1.807) is 28.8 Å². The lowest BCUT2D eigenvalue weighted by Crippen LogP contribution is -2.13. The second-order valence-electron chi connectivity index (χ2n) is 5.00. The summed E-state index contributed by atoms with van der Waals surface area (Å²) in [5.41, 5.74) is 7.38. The standard InChI is InChI=1S/C15H10N4O3/c16-7-1-2-8-9(5-7)10(6-11(20)21)13-12(8)18-15(22)14-17-3-4-19(13)14/h1-6H,16H2,(H,18,22)(H,20,21)/b10-6+. The van der Waals surface area contributed by atoms with Crippen LogP contribution in [0.3, 0.4) is 0 Å². The summed E-state index contributed by atoms with van der Waals surface area (Å²) in [5, 5.41) is 11.1. The van der Waals surface area contributed by atoms with Crippen LogP contribution in [0.25, 0.3) is 33.5 Å². The van der Waals surface area contributed by atoms with Crippen LogP contribution in [0.4, 0.5) is 5.69 Å². The van der Waals surface area contributed by atoms with Gasteiger partial charge in [-0.15, -0.1) is 0 Å². The van der Waals surface area contributed by atoms with Gasteiger partial charge in [-0.1, -0.05) is 6.07 Å². The minimum Gasteiger partial charge on any atom is -0.478 e. The molecule has 0 amide bonds. The summed E-state index contributed by atoms with van der Waals surface area (Å²) in [7, 11) is 0. The molecule has 7 nitrogen and oxygen atoms in total. The second-order valence-corrected chi connectivity index (χ2v) is 5.00. The van der Waals surface area contributed by atoms with E-state index in [1.807, 2.05) is 0 Å². The molecule has 4 aromatic rings. The van der Waals surface area contributed by atoms with E-state index >= 15 is 0 Å². The van der Waals surface area contributed by atoms with Crippen molar-refractivity contribution in [3.05, 3.63) is 46.2 Å². The smallest absolute Gasteiger partial charge is 0.329 e. The van der Waals surface area contributed by atoms with Crippen molar-refractivity contribution in [1.82, 2.24) is 14.4 Å². The number of anilines is 1. The van der Waals surface area contributed by atoms with Crippen LogP contribution in [-0.2, 0) is 4.79 Å². The zero-order valence-electron chi connectivity index (χ0n) is 11.2. The van der Waals surface area contributed by atoms with Gasteiger partial charge in [0.2, 0.25) is 5.65 Å². The van der Waals surface area contributed by atoms with E-state index in [1.165, 1.54) is 6.20 Å². The van der Waals surface area contributed by atoms with Crippen molar-refractivity contribution in [2.75, 3.05) is 5.73 Å². The lowest BCUT2D eigenvalue weighted by atomic mass is 10.2. The van der Waals surface area contributed by atoms with Crippen LogP contribution < -0.4 is 16.5 Å². The molecule has 0 aliphatic heterocycles. The second kappa shape index (κ2) is 4.08. The first-order valence-corrected chi connectivity index (χ1v) is 6.51. The van der Waals surface area contributed by atoms with Gasteiger partial charge in [-0.05, 0) is 17.5 Å². The van der Waals surface area contributed by atoms with Crippen molar-refractivity contribution in [2.45, 2.75) is 0 Å². The first-order chi connectivity index (χ1) is 10.6. The van der Waals surface area contributed by atoms with Crippen LogP contribution in [-0.4, -0.2) is 25.4 Å². The molecule has 0 unspecified atom stereocenters. The monoisotopic (exact) mass is 294 g/mol. The van der Waals surface area contributed by atoms with Gasteiger partial charge in [0, 0.05) is 34.8 Å². The predicted molar refractivity (Wildman–Crippen MR) is 82.6 cm³/mol. The van der Waals surface area contributed by atoms with Crippen molar-refractivity contribution in [1.29, 1.82) is 0 Å². The Morgan fingerprint density at radius 2 is 2.18 bits per heavy atom. The Bertz CT molecular complexity index is 1190. The zero-order chi connectivity index (χ0) is 15.4. The van der Waals surface area contributed by atoms with Crippen LogP contribution in [0.5, 0.6) is 0 Å². The summed E-state index contributed by atoms with van der Waals surface area (Å²) in [6, 6.07) is 5.18. The molecule has 0 spiro atoms. The number of aromatic amines is 1. The quantitative estimate of drug-likeness (QED) is 0.442. The van der Waals surface area contributed by atoms with Gasteiger partial charge in [-0.3, -0.25) is 9.20 Å². The van der Waals surface area contributed by atoms with E-state index in [0.29, 0.717) is 27.3 Å².